The lowest BCUT2D eigenvalue weighted by atomic mass is 10.2. The Kier molecular flexibility index (Phi) is 4.87. The van der Waals surface area contributed by atoms with Crippen LogP contribution >= 0.6 is 0 Å². The largest absolute Gasteiger partial charge is 0.493 e. The molecule has 0 unspecified atom stereocenters. The molecule has 1 aromatic heterocycles. The van der Waals surface area contributed by atoms with E-state index in [1.807, 2.05) is 0 Å². The fraction of sp³-hybridized carbons (Fsp3) is 0.0625. The van der Waals surface area contributed by atoms with Crippen molar-refractivity contribution in [2.24, 2.45) is 0 Å². The molecule has 112 valence electrons. The van der Waals surface area contributed by atoms with Gasteiger partial charge in [-0.25, -0.2) is 9.59 Å². The maximum absolute atomic E-state index is 12.0. The van der Waals surface area contributed by atoms with Crippen LogP contribution < -0.4 is 9.47 Å². The van der Waals surface area contributed by atoms with Crippen LogP contribution in [0.1, 0.15) is 15.9 Å². The third kappa shape index (κ3) is 3.92. The van der Waals surface area contributed by atoms with Gasteiger partial charge in [-0.15, -0.1) is 0 Å². The Morgan fingerprint density at radius 3 is 2.68 bits per heavy atom. The first-order valence-electron chi connectivity index (χ1n) is 6.31. The molecule has 2 aromatic rings. The third-order valence-corrected chi connectivity index (χ3v) is 2.71. The zero-order chi connectivity index (χ0) is 15.9. The minimum absolute atomic E-state index is 0.198. The molecule has 0 aliphatic carbocycles. The molecule has 1 N–H and O–H groups in total. The molecule has 6 nitrogen and oxygen atoms in total. The summed E-state index contributed by atoms with van der Waals surface area (Å²) in [6, 6.07) is 7.97. The van der Waals surface area contributed by atoms with Crippen LogP contribution in [-0.4, -0.2) is 29.1 Å². The average molecular weight is 299 g/mol. The molecule has 0 atom stereocenters. The normalized spacial score (nSPS) is 10.4. The van der Waals surface area contributed by atoms with E-state index in [-0.39, 0.29) is 5.75 Å². The summed E-state index contributed by atoms with van der Waals surface area (Å²) in [6.07, 6.45) is 5.33. The number of carboxylic acid groups (broad SMARTS) is 1. The van der Waals surface area contributed by atoms with Gasteiger partial charge in [-0.2, -0.15) is 0 Å². The van der Waals surface area contributed by atoms with E-state index in [1.165, 1.54) is 25.4 Å². The number of carboxylic acids is 1. The van der Waals surface area contributed by atoms with Crippen molar-refractivity contribution in [2.75, 3.05) is 7.11 Å². The van der Waals surface area contributed by atoms with E-state index in [9.17, 15) is 9.59 Å². The molecular weight excluding hydrogens is 286 g/mol. The van der Waals surface area contributed by atoms with Crippen LogP contribution in [0.4, 0.5) is 0 Å². The predicted octanol–water partition coefficient (Wildman–Crippen LogP) is 2.41. The van der Waals surface area contributed by atoms with E-state index in [0.29, 0.717) is 16.9 Å². The molecule has 0 saturated carbocycles. The van der Waals surface area contributed by atoms with Crippen LogP contribution in [0, 0.1) is 0 Å². The summed E-state index contributed by atoms with van der Waals surface area (Å²) < 4.78 is 10.4. The summed E-state index contributed by atoms with van der Waals surface area (Å²) in [4.78, 5) is 26.4. The number of pyridine rings is 1. The zero-order valence-electron chi connectivity index (χ0n) is 11.7. The Morgan fingerprint density at radius 1 is 1.23 bits per heavy atom. The number of rotatable bonds is 5. The van der Waals surface area contributed by atoms with Gasteiger partial charge in [-0.05, 0) is 35.9 Å². The van der Waals surface area contributed by atoms with Crippen molar-refractivity contribution in [1.82, 2.24) is 4.98 Å². The number of carbonyl (C=O) groups is 2. The number of aromatic nitrogens is 1. The lowest BCUT2D eigenvalue weighted by Gasteiger charge is -2.09. The zero-order valence-corrected chi connectivity index (χ0v) is 11.7. The lowest BCUT2D eigenvalue weighted by molar-refractivity contribution is -0.131. The molecule has 0 aliphatic rings. The second-order valence-corrected chi connectivity index (χ2v) is 4.21. The van der Waals surface area contributed by atoms with Gasteiger partial charge in [0, 0.05) is 18.5 Å². The highest BCUT2D eigenvalue weighted by atomic mass is 16.6. The van der Waals surface area contributed by atoms with Gasteiger partial charge in [0.2, 0.25) is 0 Å². The number of ether oxygens (including phenoxy) is 2. The van der Waals surface area contributed by atoms with E-state index in [1.54, 1.807) is 30.5 Å². The summed E-state index contributed by atoms with van der Waals surface area (Å²) in [5.74, 6) is -1.08. The summed E-state index contributed by atoms with van der Waals surface area (Å²) >= 11 is 0. The number of aliphatic carboxylic acids is 1. The van der Waals surface area contributed by atoms with Crippen molar-refractivity contribution < 1.29 is 24.2 Å². The van der Waals surface area contributed by atoms with Gasteiger partial charge in [-0.1, -0.05) is 6.07 Å². The number of hydrogen-bond donors (Lipinski definition) is 1. The molecule has 0 amide bonds. The standard InChI is InChI=1S/C16H13NO5/c1-21-13-6-4-11(5-7-15(18)19)9-14(13)22-16(20)12-3-2-8-17-10-12/h2-10H,1H3,(H,18,19)/b7-5+. The molecule has 2 rings (SSSR count). The summed E-state index contributed by atoms with van der Waals surface area (Å²) in [7, 11) is 1.45. The van der Waals surface area contributed by atoms with Gasteiger partial charge in [-0.3, -0.25) is 4.98 Å². The van der Waals surface area contributed by atoms with Crippen LogP contribution in [-0.2, 0) is 4.79 Å². The highest BCUT2D eigenvalue weighted by Gasteiger charge is 2.12. The number of benzene rings is 1. The molecule has 0 radical (unpaired) electrons. The SMILES string of the molecule is COc1ccc(/C=C/C(=O)O)cc1OC(=O)c1cccnc1. The Bertz CT molecular complexity index is 710. The Balaban J connectivity index is 2.26. The van der Waals surface area contributed by atoms with Crippen molar-refractivity contribution in [3.63, 3.8) is 0 Å². The number of esters is 1. The molecule has 1 aromatic carbocycles. The van der Waals surface area contributed by atoms with Gasteiger partial charge in [0.1, 0.15) is 0 Å². The van der Waals surface area contributed by atoms with E-state index in [2.05, 4.69) is 4.98 Å². The van der Waals surface area contributed by atoms with Crippen molar-refractivity contribution in [2.45, 2.75) is 0 Å². The molecular formula is C16H13NO5. The molecule has 0 spiro atoms. The Labute approximate surface area is 126 Å². The third-order valence-electron chi connectivity index (χ3n) is 2.71. The van der Waals surface area contributed by atoms with E-state index < -0.39 is 11.9 Å². The maximum Gasteiger partial charge on any atom is 0.345 e. The first kappa shape index (κ1) is 15.2. The van der Waals surface area contributed by atoms with Crippen LogP contribution in [0.2, 0.25) is 0 Å². The molecule has 22 heavy (non-hydrogen) atoms. The smallest absolute Gasteiger partial charge is 0.345 e. The first-order chi connectivity index (χ1) is 10.6. The molecule has 1 heterocycles. The monoisotopic (exact) mass is 299 g/mol. The van der Waals surface area contributed by atoms with Crippen molar-refractivity contribution in [1.29, 1.82) is 0 Å². The van der Waals surface area contributed by atoms with Gasteiger partial charge < -0.3 is 14.6 Å². The second kappa shape index (κ2) is 7.03. The summed E-state index contributed by atoms with van der Waals surface area (Å²) in [5.41, 5.74) is 0.869. The van der Waals surface area contributed by atoms with E-state index in [0.717, 1.165) is 6.08 Å². The maximum atomic E-state index is 12.0. The topological polar surface area (TPSA) is 85.7 Å². The number of hydrogen-bond acceptors (Lipinski definition) is 5. The Hall–Kier alpha value is -3.15. The lowest BCUT2D eigenvalue weighted by Crippen LogP contribution is -2.09. The fourth-order valence-electron chi connectivity index (χ4n) is 1.69. The minimum atomic E-state index is -1.07. The molecule has 0 saturated heterocycles. The molecule has 0 bridgehead atoms. The van der Waals surface area contributed by atoms with Gasteiger partial charge >= 0.3 is 11.9 Å². The van der Waals surface area contributed by atoms with Crippen molar-refractivity contribution >= 4 is 18.0 Å². The van der Waals surface area contributed by atoms with Gasteiger partial charge in [0.25, 0.3) is 0 Å². The highest BCUT2D eigenvalue weighted by Crippen LogP contribution is 2.29. The minimum Gasteiger partial charge on any atom is -0.493 e. The van der Waals surface area contributed by atoms with Crippen LogP contribution in [0.5, 0.6) is 11.5 Å². The van der Waals surface area contributed by atoms with Crippen molar-refractivity contribution in [3.8, 4) is 11.5 Å². The molecule has 0 aliphatic heterocycles. The molecule has 6 heteroatoms. The predicted molar refractivity (Wildman–Crippen MR) is 78.9 cm³/mol. The highest BCUT2D eigenvalue weighted by molar-refractivity contribution is 5.91. The van der Waals surface area contributed by atoms with Gasteiger partial charge in [0.05, 0.1) is 12.7 Å². The van der Waals surface area contributed by atoms with Crippen LogP contribution in [0.15, 0.2) is 48.8 Å². The number of nitrogens with zero attached hydrogens (tertiary/aromatic N) is 1. The number of carbonyl (C=O) groups excluding carboxylic acids is 1. The van der Waals surface area contributed by atoms with Crippen LogP contribution in [0.25, 0.3) is 6.08 Å². The summed E-state index contributed by atoms with van der Waals surface area (Å²) in [5, 5.41) is 8.64. The second-order valence-electron chi connectivity index (χ2n) is 4.21. The Morgan fingerprint density at radius 2 is 2.05 bits per heavy atom. The van der Waals surface area contributed by atoms with Gasteiger partial charge in [0.15, 0.2) is 11.5 Å². The first-order valence-corrected chi connectivity index (χ1v) is 6.31. The van der Waals surface area contributed by atoms with E-state index in [4.69, 9.17) is 14.6 Å². The van der Waals surface area contributed by atoms with Crippen LogP contribution in [0.3, 0.4) is 0 Å². The number of methoxy groups -OCH3 is 1. The fourth-order valence-corrected chi connectivity index (χ4v) is 1.69. The molecule has 0 fully saturated rings. The van der Waals surface area contributed by atoms with E-state index >= 15 is 0 Å². The summed E-state index contributed by atoms with van der Waals surface area (Å²) in [6.45, 7) is 0. The quantitative estimate of drug-likeness (QED) is 0.518. The average Bonchev–Trinajstić information content (AvgIpc) is 2.54. The van der Waals surface area contributed by atoms with Crippen molar-refractivity contribution in [3.05, 3.63) is 59.9 Å².